The van der Waals surface area contributed by atoms with Crippen LogP contribution in [-0.4, -0.2) is 5.11 Å². The molecule has 2 rings (SSSR count). The molecule has 0 aliphatic rings. The Balaban J connectivity index is 2.37. The number of nitrogens with zero attached hydrogens (tertiary/aromatic N) is 1. The van der Waals surface area contributed by atoms with E-state index in [1.54, 1.807) is 25.1 Å². The van der Waals surface area contributed by atoms with Crippen LogP contribution in [0.2, 0.25) is 0 Å². The average molecular weight is 318 g/mol. The molecule has 0 saturated heterocycles. The molecule has 0 unspecified atom stereocenters. The van der Waals surface area contributed by atoms with Gasteiger partial charge in [-0.2, -0.15) is 5.26 Å². The summed E-state index contributed by atoms with van der Waals surface area (Å²) in [4.78, 5) is 0. The normalized spacial score (nSPS) is 11.7. The highest BCUT2D eigenvalue weighted by atomic mass is 79.9. The Kier molecular flexibility index (Phi) is 4.20. The van der Waals surface area contributed by atoms with Crippen molar-refractivity contribution in [2.24, 2.45) is 0 Å². The number of hydrogen-bond donors (Lipinski definition) is 1. The lowest BCUT2D eigenvalue weighted by molar-refractivity contribution is 0.195. The fourth-order valence-electron chi connectivity index (χ4n) is 1.67. The molecule has 2 aromatic carbocycles. The third-order valence-electron chi connectivity index (χ3n) is 2.63. The van der Waals surface area contributed by atoms with E-state index in [9.17, 15) is 5.11 Å². The molecule has 0 aromatic heterocycles. The number of hydrogen-bond acceptors (Lipinski definition) is 3. The Bertz CT molecular complexity index is 615. The maximum atomic E-state index is 9.72. The molecule has 0 spiro atoms. The van der Waals surface area contributed by atoms with E-state index in [0.29, 0.717) is 22.6 Å². The summed E-state index contributed by atoms with van der Waals surface area (Å²) in [6.45, 7) is 1.66. The van der Waals surface area contributed by atoms with E-state index in [0.717, 1.165) is 4.47 Å². The first-order valence-corrected chi connectivity index (χ1v) is 6.55. The number of ether oxygens (including phenoxy) is 1. The first kappa shape index (κ1) is 13.6. The molecule has 0 aliphatic carbocycles. The molecular formula is C15H12BrNO2. The highest BCUT2D eigenvalue weighted by molar-refractivity contribution is 9.10. The third-order valence-corrected chi connectivity index (χ3v) is 3.16. The zero-order valence-corrected chi connectivity index (χ0v) is 11.9. The van der Waals surface area contributed by atoms with E-state index < -0.39 is 6.10 Å². The van der Waals surface area contributed by atoms with Gasteiger partial charge in [0.25, 0.3) is 0 Å². The van der Waals surface area contributed by atoms with Gasteiger partial charge >= 0.3 is 0 Å². The summed E-state index contributed by atoms with van der Waals surface area (Å²) in [5.41, 5.74) is 1.15. The van der Waals surface area contributed by atoms with Crippen molar-refractivity contribution in [1.82, 2.24) is 0 Å². The Morgan fingerprint density at radius 3 is 2.47 bits per heavy atom. The van der Waals surface area contributed by atoms with E-state index in [2.05, 4.69) is 22.0 Å². The molecular weight excluding hydrogens is 306 g/mol. The number of halogens is 1. The molecule has 2 aromatic rings. The molecule has 19 heavy (non-hydrogen) atoms. The van der Waals surface area contributed by atoms with E-state index in [4.69, 9.17) is 10.00 Å². The molecule has 96 valence electrons. The molecule has 0 bridgehead atoms. The number of nitriles is 1. The topological polar surface area (TPSA) is 53.2 Å². The van der Waals surface area contributed by atoms with Crippen LogP contribution in [0, 0.1) is 11.3 Å². The Hall–Kier alpha value is -1.83. The van der Waals surface area contributed by atoms with Gasteiger partial charge in [0, 0.05) is 10.0 Å². The van der Waals surface area contributed by atoms with E-state index in [1.165, 1.54) is 0 Å². The van der Waals surface area contributed by atoms with E-state index >= 15 is 0 Å². The van der Waals surface area contributed by atoms with Gasteiger partial charge in [-0.15, -0.1) is 0 Å². The van der Waals surface area contributed by atoms with Gasteiger partial charge in [0.05, 0.1) is 17.7 Å². The molecule has 0 amide bonds. The van der Waals surface area contributed by atoms with Gasteiger partial charge < -0.3 is 9.84 Å². The monoisotopic (exact) mass is 317 g/mol. The van der Waals surface area contributed by atoms with Gasteiger partial charge in [-0.05, 0) is 43.3 Å². The summed E-state index contributed by atoms with van der Waals surface area (Å²) in [7, 11) is 0. The molecule has 0 fully saturated rings. The van der Waals surface area contributed by atoms with Gasteiger partial charge in [0.2, 0.25) is 0 Å². The number of rotatable bonds is 3. The molecule has 3 nitrogen and oxygen atoms in total. The van der Waals surface area contributed by atoms with Crippen molar-refractivity contribution < 1.29 is 9.84 Å². The lowest BCUT2D eigenvalue weighted by atomic mass is 10.1. The van der Waals surface area contributed by atoms with Crippen molar-refractivity contribution in [1.29, 1.82) is 5.26 Å². The minimum Gasteiger partial charge on any atom is -0.457 e. The summed E-state index contributed by atoms with van der Waals surface area (Å²) >= 11 is 3.35. The minimum absolute atomic E-state index is 0.497. The number of aliphatic hydroxyl groups is 1. The quantitative estimate of drug-likeness (QED) is 0.924. The standard InChI is InChI=1S/C15H12BrNO2/c1-10(18)14-7-2-11(9-17)8-15(14)19-13-5-3-12(16)4-6-13/h2-8,10,18H,1H3/t10-/m1/s1. The lowest BCUT2D eigenvalue weighted by Gasteiger charge is -2.13. The largest absolute Gasteiger partial charge is 0.457 e. The Morgan fingerprint density at radius 1 is 1.21 bits per heavy atom. The van der Waals surface area contributed by atoms with Crippen LogP contribution < -0.4 is 4.74 Å². The van der Waals surface area contributed by atoms with Crippen LogP contribution in [0.3, 0.4) is 0 Å². The van der Waals surface area contributed by atoms with Crippen molar-refractivity contribution in [3.05, 3.63) is 58.1 Å². The molecule has 0 radical (unpaired) electrons. The molecule has 1 atom stereocenters. The summed E-state index contributed by atoms with van der Waals surface area (Å²) in [5, 5.41) is 18.6. The zero-order valence-electron chi connectivity index (χ0n) is 10.3. The molecule has 0 saturated carbocycles. The molecule has 0 aliphatic heterocycles. The van der Waals surface area contributed by atoms with E-state index in [1.807, 2.05) is 24.3 Å². The van der Waals surface area contributed by atoms with E-state index in [-0.39, 0.29) is 0 Å². The predicted octanol–water partition coefficient (Wildman–Crippen LogP) is 4.17. The smallest absolute Gasteiger partial charge is 0.134 e. The van der Waals surface area contributed by atoms with Gasteiger partial charge in [-0.1, -0.05) is 22.0 Å². The summed E-state index contributed by atoms with van der Waals surface area (Å²) < 4.78 is 6.70. The van der Waals surface area contributed by atoms with Crippen LogP contribution >= 0.6 is 15.9 Å². The minimum atomic E-state index is -0.654. The average Bonchev–Trinajstić information content (AvgIpc) is 2.41. The van der Waals surface area contributed by atoms with Gasteiger partial charge in [-0.3, -0.25) is 0 Å². The maximum Gasteiger partial charge on any atom is 0.134 e. The lowest BCUT2D eigenvalue weighted by Crippen LogP contribution is -1.96. The van der Waals surface area contributed by atoms with Crippen LogP contribution in [0.5, 0.6) is 11.5 Å². The molecule has 4 heteroatoms. The highest BCUT2D eigenvalue weighted by Gasteiger charge is 2.11. The second-order valence-electron chi connectivity index (χ2n) is 4.10. The zero-order chi connectivity index (χ0) is 13.8. The first-order chi connectivity index (χ1) is 9.10. The van der Waals surface area contributed by atoms with Gasteiger partial charge in [0.15, 0.2) is 0 Å². The van der Waals surface area contributed by atoms with Crippen LogP contribution in [0.1, 0.15) is 24.2 Å². The first-order valence-electron chi connectivity index (χ1n) is 5.75. The molecule has 0 heterocycles. The fraction of sp³-hybridized carbons (Fsp3) is 0.133. The van der Waals surface area contributed by atoms with Crippen molar-refractivity contribution in [3.63, 3.8) is 0 Å². The Morgan fingerprint density at radius 2 is 1.89 bits per heavy atom. The van der Waals surface area contributed by atoms with Crippen LogP contribution in [-0.2, 0) is 0 Å². The predicted molar refractivity (Wildman–Crippen MR) is 76.0 cm³/mol. The highest BCUT2D eigenvalue weighted by Crippen LogP contribution is 2.31. The Labute approximate surface area is 120 Å². The van der Waals surface area contributed by atoms with Crippen molar-refractivity contribution in [3.8, 4) is 17.6 Å². The molecule has 1 N–H and O–H groups in total. The number of aliphatic hydroxyl groups excluding tert-OH is 1. The summed E-state index contributed by atoms with van der Waals surface area (Å²) in [6.07, 6.45) is -0.654. The maximum absolute atomic E-state index is 9.72. The van der Waals surface area contributed by atoms with Crippen LogP contribution in [0.4, 0.5) is 0 Å². The van der Waals surface area contributed by atoms with Crippen molar-refractivity contribution >= 4 is 15.9 Å². The third kappa shape index (κ3) is 3.34. The second-order valence-corrected chi connectivity index (χ2v) is 5.01. The fourth-order valence-corrected chi connectivity index (χ4v) is 1.93. The summed E-state index contributed by atoms with van der Waals surface area (Å²) in [6, 6.07) is 14.4. The van der Waals surface area contributed by atoms with Crippen LogP contribution in [0.25, 0.3) is 0 Å². The van der Waals surface area contributed by atoms with Gasteiger partial charge in [0.1, 0.15) is 11.5 Å². The SMILES string of the molecule is C[C@@H](O)c1ccc(C#N)cc1Oc1ccc(Br)cc1. The summed E-state index contributed by atoms with van der Waals surface area (Å²) in [5.74, 6) is 1.15. The van der Waals surface area contributed by atoms with Crippen LogP contribution in [0.15, 0.2) is 46.9 Å². The van der Waals surface area contributed by atoms with Crippen molar-refractivity contribution in [2.45, 2.75) is 13.0 Å². The second kappa shape index (κ2) is 5.87. The van der Waals surface area contributed by atoms with Gasteiger partial charge in [-0.25, -0.2) is 0 Å². The number of benzene rings is 2. The van der Waals surface area contributed by atoms with Crippen molar-refractivity contribution in [2.75, 3.05) is 0 Å².